The summed E-state index contributed by atoms with van der Waals surface area (Å²) in [6.07, 6.45) is 2.49. The van der Waals surface area contributed by atoms with Gasteiger partial charge in [-0.15, -0.1) is 10.2 Å². The maximum Gasteiger partial charge on any atom is 0.162 e. The van der Waals surface area contributed by atoms with Gasteiger partial charge in [-0.1, -0.05) is 6.92 Å². The largest absolute Gasteiger partial charge is 0.162 e. The van der Waals surface area contributed by atoms with Gasteiger partial charge in [0.25, 0.3) is 0 Å². The number of hydrogen-bond acceptors (Lipinski definition) is 3. The van der Waals surface area contributed by atoms with Gasteiger partial charge in [0.2, 0.25) is 0 Å². The molecule has 0 radical (unpaired) electrons. The molecule has 1 atom stereocenters. The summed E-state index contributed by atoms with van der Waals surface area (Å²) in [5, 5.41) is 11.2. The molecule has 9 heavy (non-hydrogen) atoms. The molecule has 1 rings (SSSR count). The van der Waals surface area contributed by atoms with Crippen LogP contribution in [0.25, 0.3) is 0 Å². The lowest BCUT2D eigenvalue weighted by molar-refractivity contribution is 0.414. The number of hydrogen-bond donors (Lipinski definition) is 0. The van der Waals surface area contributed by atoms with Crippen LogP contribution in [0.3, 0.4) is 0 Å². The third-order valence-electron chi connectivity index (χ3n) is 1.35. The van der Waals surface area contributed by atoms with E-state index in [4.69, 9.17) is 0 Å². The monoisotopic (exact) mass is 126 g/mol. The SMILES string of the molecule is CCC(C)n1ncnn1. The molecule has 0 aliphatic heterocycles. The smallest absolute Gasteiger partial charge is 0.162 e. The Bertz CT molecular complexity index is 157. The predicted octanol–water partition coefficient (Wildman–Crippen LogP) is 0.644. The molecule has 0 aromatic carbocycles. The lowest BCUT2D eigenvalue weighted by Gasteiger charge is -2.03. The summed E-state index contributed by atoms with van der Waals surface area (Å²) in [7, 11) is 0. The van der Waals surface area contributed by atoms with Crippen molar-refractivity contribution < 1.29 is 0 Å². The molecule has 1 aromatic rings. The van der Waals surface area contributed by atoms with E-state index in [9.17, 15) is 0 Å². The van der Waals surface area contributed by atoms with E-state index in [1.807, 2.05) is 0 Å². The molecule has 0 bridgehead atoms. The molecule has 0 saturated heterocycles. The maximum atomic E-state index is 3.88. The van der Waals surface area contributed by atoms with E-state index in [0.29, 0.717) is 6.04 Å². The molecular formula is C5H10N4. The first-order chi connectivity index (χ1) is 4.34. The number of tetrazole rings is 1. The fourth-order valence-electron chi connectivity index (χ4n) is 0.540. The normalized spacial score (nSPS) is 13.6. The van der Waals surface area contributed by atoms with Crippen molar-refractivity contribution in [3.05, 3.63) is 6.33 Å². The van der Waals surface area contributed by atoms with Crippen LogP contribution in [0.2, 0.25) is 0 Å². The van der Waals surface area contributed by atoms with Crippen molar-refractivity contribution in [1.82, 2.24) is 20.2 Å². The van der Waals surface area contributed by atoms with Gasteiger partial charge in [0, 0.05) is 0 Å². The highest BCUT2D eigenvalue weighted by Crippen LogP contribution is 2.02. The first kappa shape index (κ1) is 6.19. The molecule has 0 N–H and O–H groups in total. The van der Waals surface area contributed by atoms with Crippen LogP contribution < -0.4 is 0 Å². The molecule has 1 unspecified atom stereocenters. The summed E-state index contributed by atoms with van der Waals surface area (Å²) < 4.78 is 0. The molecule has 4 heteroatoms. The van der Waals surface area contributed by atoms with E-state index in [1.54, 1.807) is 4.80 Å². The van der Waals surface area contributed by atoms with E-state index in [-0.39, 0.29) is 0 Å². The summed E-state index contributed by atoms with van der Waals surface area (Å²) in [6.45, 7) is 4.15. The Morgan fingerprint density at radius 1 is 1.67 bits per heavy atom. The summed E-state index contributed by atoms with van der Waals surface area (Å²) in [6, 6.07) is 0.368. The minimum atomic E-state index is 0.368. The van der Waals surface area contributed by atoms with Gasteiger partial charge in [0.1, 0.15) is 0 Å². The Labute approximate surface area is 53.9 Å². The van der Waals surface area contributed by atoms with E-state index < -0.39 is 0 Å². The Kier molecular flexibility index (Phi) is 1.77. The van der Waals surface area contributed by atoms with Gasteiger partial charge in [-0.25, -0.2) is 0 Å². The van der Waals surface area contributed by atoms with Crippen molar-refractivity contribution in [3.8, 4) is 0 Å². The van der Waals surface area contributed by atoms with Crippen LogP contribution in [0.1, 0.15) is 26.3 Å². The standard InChI is InChI=1S/C5H10N4/c1-3-5(2)9-7-4-6-8-9/h4-5H,3H2,1-2H3. The summed E-state index contributed by atoms with van der Waals surface area (Å²) in [5.74, 6) is 0. The Balaban J connectivity index is 2.65. The summed E-state index contributed by atoms with van der Waals surface area (Å²) in [5.41, 5.74) is 0. The Morgan fingerprint density at radius 3 is 2.89 bits per heavy atom. The van der Waals surface area contributed by atoms with Gasteiger partial charge in [-0.05, 0) is 18.6 Å². The highest BCUT2D eigenvalue weighted by Gasteiger charge is 2.00. The first-order valence-electron chi connectivity index (χ1n) is 3.07. The van der Waals surface area contributed by atoms with Crippen LogP contribution in [-0.2, 0) is 0 Å². The third kappa shape index (κ3) is 1.25. The molecular weight excluding hydrogens is 116 g/mol. The van der Waals surface area contributed by atoms with E-state index >= 15 is 0 Å². The molecule has 0 aliphatic carbocycles. The number of aromatic nitrogens is 4. The van der Waals surface area contributed by atoms with E-state index in [0.717, 1.165) is 6.42 Å². The van der Waals surface area contributed by atoms with Crippen LogP contribution >= 0.6 is 0 Å². The van der Waals surface area contributed by atoms with Gasteiger partial charge < -0.3 is 0 Å². The molecule has 0 amide bonds. The van der Waals surface area contributed by atoms with Crippen molar-refractivity contribution >= 4 is 0 Å². The topological polar surface area (TPSA) is 43.6 Å². The van der Waals surface area contributed by atoms with Crippen molar-refractivity contribution in [2.75, 3.05) is 0 Å². The minimum Gasteiger partial charge on any atom is -0.162 e. The van der Waals surface area contributed by atoms with E-state index in [2.05, 4.69) is 29.3 Å². The van der Waals surface area contributed by atoms with Gasteiger partial charge in [-0.3, -0.25) is 0 Å². The molecule has 0 fully saturated rings. The molecule has 0 saturated carbocycles. The van der Waals surface area contributed by atoms with Crippen molar-refractivity contribution in [2.24, 2.45) is 0 Å². The van der Waals surface area contributed by atoms with E-state index in [1.165, 1.54) is 6.33 Å². The highest BCUT2D eigenvalue weighted by atomic mass is 15.6. The lowest BCUT2D eigenvalue weighted by Crippen LogP contribution is -2.07. The molecule has 1 heterocycles. The number of nitrogens with zero attached hydrogens (tertiary/aromatic N) is 4. The van der Waals surface area contributed by atoms with Gasteiger partial charge in [0.05, 0.1) is 6.04 Å². The quantitative estimate of drug-likeness (QED) is 0.584. The van der Waals surface area contributed by atoms with Gasteiger partial charge in [0.15, 0.2) is 6.33 Å². The zero-order valence-corrected chi connectivity index (χ0v) is 5.65. The zero-order valence-electron chi connectivity index (χ0n) is 5.65. The van der Waals surface area contributed by atoms with Crippen LogP contribution in [0.4, 0.5) is 0 Å². The van der Waals surface area contributed by atoms with Crippen LogP contribution in [0.15, 0.2) is 6.33 Å². The average Bonchev–Trinajstić information content (AvgIpc) is 2.37. The predicted molar refractivity (Wildman–Crippen MR) is 32.8 cm³/mol. The molecule has 50 valence electrons. The minimum absolute atomic E-state index is 0.368. The highest BCUT2D eigenvalue weighted by molar-refractivity contribution is 4.50. The van der Waals surface area contributed by atoms with Crippen molar-refractivity contribution in [3.63, 3.8) is 0 Å². The molecule has 0 aliphatic rings. The fraction of sp³-hybridized carbons (Fsp3) is 0.800. The lowest BCUT2D eigenvalue weighted by atomic mass is 10.3. The van der Waals surface area contributed by atoms with Crippen LogP contribution in [-0.4, -0.2) is 20.2 Å². The van der Waals surface area contributed by atoms with Crippen molar-refractivity contribution in [1.29, 1.82) is 0 Å². The number of rotatable bonds is 2. The summed E-state index contributed by atoms with van der Waals surface area (Å²) >= 11 is 0. The fourth-order valence-corrected chi connectivity index (χ4v) is 0.540. The third-order valence-corrected chi connectivity index (χ3v) is 1.35. The second-order valence-electron chi connectivity index (χ2n) is 2.01. The molecule has 1 aromatic heterocycles. The van der Waals surface area contributed by atoms with Crippen LogP contribution in [0, 0.1) is 0 Å². The second kappa shape index (κ2) is 2.57. The van der Waals surface area contributed by atoms with Crippen LogP contribution in [0.5, 0.6) is 0 Å². The molecule has 0 spiro atoms. The molecule has 4 nitrogen and oxygen atoms in total. The van der Waals surface area contributed by atoms with Crippen molar-refractivity contribution in [2.45, 2.75) is 26.3 Å². The second-order valence-corrected chi connectivity index (χ2v) is 2.01. The first-order valence-corrected chi connectivity index (χ1v) is 3.07. The zero-order chi connectivity index (χ0) is 6.69. The average molecular weight is 126 g/mol. The Hall–Kier alpha value is -0.930. The Morgan fingerprint density at radius 2 is 2.44 bits per heavy atom. The maximum absolute atomic E-state index is 3.88. The van der Waals surface area contributed by atoms with Gasteiger partial charge >= 0.3 is 0 Å². The van der Waals surface area contributed by atoms with Gasteiger partial charge in [-0.2, -0.15) is 4.80 Å². The summed E-state index contributed by atoms with van der Waals surface area (Å²) in [4.78, 5) is 1.61.